The summed E-state index contributed by atoms with van der Waals surface area (Å²) in [6, 6.07) is 9.54. The van der Waals surface area contributed by atoms with Crippen LogP contribution in [-0.2, 0) is 10.1 Å². The van der Waals surface area contributed by atoms with Gasteiger partial charge in [0.05, 0.1) is 0 Å². The molecule has 0 bridgehead atoms. The zero-order valence-corrected chi connectivity index (χ0v) is 12.1. The third kappa shape index (κ3) is 2.97. The van der Waals surface area contributed by atoms with Crippen molar-refractivity contribution < 1.29 is 25.8 Å². The summed E-state index contributed by atoms with van der Waals surface area (Å²) in [4.78, 5) is 0. The molecule has 2 aliphatic rings. The van der Waals surface area contributed by atoms with E-state index >= 15 is 0 Å². The highest BCUT2D eigenvalue weighted by atomic mass is 32.2. The summed E-state index contributed by atoms with van der Waals surface area (Å²) in [6.45, 7) is 3.88. The van der Waals surface area contributed by atoms with E-state index < -0.39 is 15.6 Å². The lowest BCUT2D eigenvalue weighted by atomic mass is 9.98. The van der Waals surface area contributed by atoms with Crippen LogP contribution in [0.5, 0.6) is 5.75 Å². The quantitative estimate of drug-likeness (QED) is 0.631. The summed E-state index contributed by atoms with van der Waals surface area (Å²) in [5.74, 6) is -0.185. The SMILES string of the molecule is CC(C)c1ccccc2c(OS(=O)(=O)C(F)(F)F)ccc1-2. The second kappa shape index (κ2) is 5.22. The molecule has 0 radical (unpaired) electrons. The van der Waals surface area contributed by atoms with Gasteiger partial charge in [-0.25, -0.2) is 0 Å². The maximum absolute atomic E-state index is 12.4. The molecule has 0 fully saturated rings. The van der Waals surface area contributed by atoms with Gasteiger partial charge in [0.15, 0.2) is 5.75 Å². The minimum absolute atomic E-state index is 0.134. The van der Waals surface area contributed by atoms with Gasteiger partial charge in [-0.05, 0) is 23.1 Å². The van der Waals surface area contributed by atoms with Crippen LogP contribution in [0.3, 0.4) is 0 Å². The predicted octanol–water partition coefficient (Wildman–Crippen LogP) is 4.14. The number of fused-ring (bicyclic) bond motifs is 1. The maximum Gasteiger partial charge on any atom is 0.534 e. The molecule has 0 saturated carbocycles. The summed E-state index contributed by atoms with van der Waals surface area (Å²) in [5.41, 5.74) is -3.55. The summed E-state index contributed by atoms with van der Waals surface area (Å²) >= 11 is 0. The van der Waals surface area contributed by atoms with E-state index in [0.29, 0.717) is 11.1 Å². The average molecular weight is 318 g/mol. The fraction of sp³-hybridized carbons (Fsp3) is 0.286. The van der Waals surface area contributed by atoms with Crippen LogP contribution < -0.4 is 4.18 Å². The molecule has 0 aromatic carbocycles. The fourth-order valence-corrected chi connectivity index (χ4v) is 2.51. The summed E-state index contributed by atoms with van der Waals surface area (Å²) in [6.07, 6.45) is 0. The Bertz CT molecular complexity index is 721. The molecular formula is C14H13F3O3S. The van der Waals surface area contributed by atoms with Gasteiger partial charge in [-0.3, -0.25) is 0 Å². The molecule has 0 spiro atoms. The summed E-state index contributed by atoms with van der Waals surface area (Å²) < 4.78 is 63.7. The molecule has 2 aliphatic carbocycles. The monoisotopic (exact) mass is 318 g/mol. The first-order valence-corrected chi connectivity index (χ1v) is 7.56. The third-order valence-electron chi connectivity index (χ3n) is 3.02. The van der Waals surface area contributed by atoms with Crippen molar-refractivity contribution >= 4 is 10.1 Å². The minimum atomic E-state index is -5.67. The van der Waals surface area contributed by atoms with Gasteiger partial charge < -0.3 is 4.18 Å². The smallest absolute Gasteiger partial charge is 0.375 e. The normalized spacial score (nSPS) is 12.9. The van der Waals surface area contributed by atoms with Crippen molar-refractivity contribution in [3.8, 4) is 16.9 Å². The molecule has 7 heteroatoms. The first-order valence-electron chi connectivity index (χ1n) is 6.16. The molecule has 21 heavy (non-hydrogen) atoms. The van der Waals surface area contributed by atoms with E-state index in [1.165, 1.54) is 12.1 Å². The van der Waals surface area contributed by atoms with E-state index in [2.05, 4.69) is 4.18 Å². The van der Waals surface area contributed by atoms with Crippen molar-refractivity contribution in [2.75, 3.05) is 0 Å². The van der Waals surface area contributed by atoms with Crippen LogP contribution in [0, 0.1) is 0 Å². The molecule has 0 heterocycles. The highest BCUT2D eigenvalue weighted by molar-refractivity contribution is 7.88. The Morgan fingerprint density at radius 1 is 1.00 bits per heavy atom. The molecule has 0 aromatic heterocycles. The Hall–Kier alpha value is -1.76. The molecule has 2 rings (SSSR count). The molecular weight excluding hydrogens is 305 g/mol. The van der Waals surface area contributed by atoms with Crippen LogP contribution in [0.4, 0.5) is 13.2 Å². The molecule has 0 saturated heterocycles. The van der Waals surface area contributed by atoms with Gasteiger partial charge in [-0.1, -0.05) is 44.2 Å². The van der Waals surface area contributed by atoms with Crippen LogP contribution >= 0.6 is 0 Å². The fourth-order valence-electron chi connectivity index (χ4n) is 2.04. The van der Waals surface area contributed by atoms with Gasteiger partial charge in [0.25, 0.3) is 0 Å². The Morgan fingerprint density at radius 2 is 1.62 bits per heavy atom. The largest absolute Gasteiger partial charge is 0.534 e. The number of hydrogen-bond donors (Lipinski definition) is 0. The lowest BCUT2D eigenvalue weighted by Gasteiger charge is -2.11. The molecule has 0 N–H and O–H groups in total. The molecule has 0 amide bonds. The third-order valence-corrected chi connectivity index (χ3v) is 3.99. The lowest BCUT2D eigenvalue weighted by molar-refractivity contribution is -0.0499. The maximum atomic E-state index is 12.4. The second-order valence-electron chi connectivity index (χ2n) is 4.84. The van der Waals surface area contributed by atoms with E-state index in [-0.39, 0.29) is 11.7 Å². The first-order chi connectivity index (χ1) is 9.63. The summed E-state index contributed by atoms with van der Waals surface area (Å²) in [7, 11) is -5.67. The van der Waals surface area contributed by atoms with Gasteiger partial charge in [0.2, 0.25) is 0 Å². The Labute approximate surface area is 120 Å². The van der Waals surface area contributed by atoms with Crippen LogP contribution in [-0.4, -0.2) is 13.9 Å². The number of rotatable bonds is 3. The van der Waals surface area contributed by atoms with E-state index in [1.807, 2.05) is 19.9 Å². The number of alkyl halides is 3. The van der Waals surface area contributed by atoms with Crippen molar-refractivity contribution in [1.82, 2.24) is 0 Å². The van der Waals surface area contributed by atoms with Crippen LogP contribution in [0.15, 0.2) is 36.4 Å². The zero-order chi connectivity index (χ0) is 15.8. The second-order valence-corrected chi connectivity index (χ2v) is 6.37. The first kappa shape index (κ1) is 15.6. The van der Waals surface area contributed by atoms with Crippen molar-refractivity contribution in [3.63, 3.8) is 0 Å². The van der Waals surface area contributed by atoms with Crippen molar-refractivity contribution in [2.45, 2.75) is 25.3 Å². The average Bonchev–Trinajstić information content (AvgIpc) is 2.59. The number of halogens is 3. The predicted molar refractivity (Wildman–Crippen MR) is 72.8 cm³/mol. The van der Waals surface area contributed by atoms with Crippen LogP contribution in [0.1, 0.15) is 25.3 Å². The Kier molecular flexibility index (Phi) is 3.88. The van der Waals surface area contributed by atoms with Gasteiger partial charge in [-0.2, -0.15) is 21.6 Å². The zero-order valence-electron chi connectivity index (χ0n) is 11.3. The van der Waals surface area contributed by atoms with Crippen LogP contribution in [0.25, 0.3) is 11.1 Å². The number of hydrogen-bond acceptors (Lipinski definition) is 3. The van der Waals surface area contributed by atoms with Crippen molar-refractivity contribution in [3.05, 3.63) is 42.0 Å². The molecule has 114 valence electrons. The van der Waals surface area contributed by atoms with E-state index in [4.69, 9.17) is 0 Å². The topological polar surface area (TPSA) is 43.4 Å². The van der Waals surface area contributed by atoms with Gasteiger partial charge in [0, 0.05) is 5.56 Å². The van der Waals surface area contributed by atoms with Crippen molar-refractivity contribution in [1.29, 1.82) is 0 Å². The van der Waals surface area contributed by atoms with Gasteiger partial charge in [-0.15, -0.1) is 0 Å². The minimum Gasteiger partial charge on any atom is -0.375 e. The summed E-state index contributed by atoms with van der Waals surface area (Å²) in [5, 5.41) is 0. The standard InChI is InChI=1S/C14H13F3O3S/c1-9(2)10-5-3-4-6-12-11(10)7-8-13(12)20-21(18,19)14(15,16)17/h3-9H,1-2H3. The van der Waals surface area contributed by atoms with Crippen molar-refractivity contribution in [2.24, 2.45) is 0 Å². The van der Waals surface area contributed by atoms with E-state index in [1.54, 1.807) is 18.2 Å². The molecule has 0 unspecified atom stereocenters. The van der Waals surface area contributed by atoms with Gasteiger partial charge in [0.1, 0.15) is 0 Å². The van der Waals surface area contributed by atoms with E-state index in [9.17, 15) is 21.6 Å². The van der Waals surface area contributed by atoms with Crippen LogP contribution in [0.2, 0.25) is 0 Å². The highest BCUT2D eigenvalue weighted by Gasteiger charge is 2.48. The Balaban J connectivity index is 2.50. The Morgan fingerprint density at radius 3 is 2.19 bits per heavy atom. The van der Waals surface area contributed by atoms with E-state index in [0.717, 1.165) is 5.56 Å². The molecule has 0 atom stereocenters. The molecule has 3 nitrogen and oxygen atoms in total. The highest BCUT2D eigenvalue weighted by Crippen LogP contribution is 2.40. The molecule has 0 aromatic rings. The van der Waals surface area contributed by atoms with Gasteiger partial charge >= 0.3 is 15.6 Å². The molecule has 0 aliphatic heterocycles. The lowest BCUT2D eigenvalue weighted by Crippen LogP contribution is -2.28.